The number of thiophene rings is 1. The number of rotatable bonds is 5. The van der Waals surface area contributed by atoms with Crippen molar-refractivity contribution in [1.82, 2.24) is 19.7 Å². The molecule has 5 aromatic rings. The van der Waals surface area contributed by atoms with Crippen LogP contribution in [0.5, 0.6) is 0 Å². The molecule has 2 amide bonds. The first kappa shape index (κ1) is 20.9. The molecule has 0 spiro atoms. The van der Waals surface area contributed by atoms with Gasteiger partial charge in [0.15, 0.2) is 11.0 Å². The van der Waals surface area contributed by atoms with Crippen molar-refractivity contribution in [3.8, 4) is 16.4 Å². The second-order valence-electron chi connectivity index (χ2n) is 6.96. The van der Waals surface area contributed by atoms with Crippen molar-refractivity contribution in [2.45, 2.75) is 6.92 Å². The van der Waals surface area contributed by atoms with E-state index in [0.29, 0.717) is 27.8 Å². The molecule has 8 nitrogen and oxygen atoms in total. The summed E-state index contributed by atoms with van der Waals surface area (Å²) in [4.78, 5) is 33.8. The van der Waals surface area contributed by atoms with E-state index in [-0.39, 0.29) is 17.5 Å². The Kier molecular flexibility index (Phi) is 5.40. The minimum atomic E-state index is -0.486. The van der Waals surface area contributed by atoms with E-state index < -0.39 is 5.91 Å². The Morgan fingerprint density at radius 2 is 1.85 bits per heavy atom. The smallest absolute Gasteiger partial charge is 0.295 e. The molecule has 2 N–H and O–H groups in total. The Hall–Kier alpha value is -3.96. The molecule has 2 aromatic carbocycles. The van der Waals surface area contributed by atoms with Gasteiger partial charge in [-0.1, -0.05) is 17.4 Å². The number of halogens is 1. The highest BCUT2D eigenvalue weighted by Crippen LogP contribution is 2.29. The Morgan fingerprint density at radius 1 is 1.03 bits per heavy atom. The molecule has 0 saturated carbocycles. The van der Waals surface area contributed by atoms with Gasteiger partial charge in [-0.3, -0.25) is 9.59 Å². The summed E-state index contributed by atoms with van der Waals surface area (Å²) >= 11 is 2.77. The predicted molar refractivity (Wildman–Crippen MR) is 127 cm³/mol. The normalized spacial score (nSPS) is 11.0. The third kappa shape index (κ3) is 4.36. The van der Waals surface area contributed by atoms with E-state index in [2.05, 4.69) is 25.7 Å². The lowest BCUT2D eigenvalue weighted by atomic mass is 10.3. The minimum Gasteiger partial charge on any atom is -0.319 e. The number of anilines is 2. The third-order valence-corrected chi connectivity index (χ3v) is 6.35. The molecule has 3 aromatic heterocycles. The van der Waals surface area contributed by atoms with Crippen LogP contribution in [0.1, 0.15) is 17.5 Å². The summed E-state index contributed by atoms with van der Waals surface area (Å²) in [7, 11) is 0. The summed E-state index contributed by atoms with van der Waals surface area (Å²) < 4.78 is 15.7. The molecular weight excluding hydrogens is 463 g/mol. The van der Waals surface area contributed by atoms with Crippen LogP contribution < -0.4 is 10.6 Å². The molecule has 0 aliphatic carbocycles. The summed E-state index contributed by atoms with van der Waals surface area (Å²) in [5.41, 5.74) is 1.84. The van der Waals surface area contributed by atoms with Gasteiger partial charge in [0.25, 0.3) is 5.91 Å². The Balaban J connectivity index is 1.45. The van der Waals surface area contributed by atoms with E-state index in [1.807, 2.05) is 17.5 Å². The van der Waals surface area contributed by atoms with Crippen LogP contribution in [0, 0.1) is 5.82 Å². The van der Waals surface area contributed by atoms with Gasteiger partial charge in [-0.2, -0.15) is 0 Å². The number of benzene rings is 2. The van der Waals surface area contributed by atoms with Crippen molar-refractivity contribution in [2.24, 2.45) is 0 Å². The maximum atomic E-state index is 13.4. The molecule has 164 valence electrons. The highest BCUT2D eigenvalue weighted by Gasteiger charge is 2.20. The fraction of sp³-hybridized carbons (Fsp3) is 0.0455. The predicted octanol–water partition coefficient (Wildman–Crippen LogP) is 4.96. The van der Waals surface area contributed by atoms with Gasteiger partial charge in [0.05, 0.1) is 20.8 Å². The van der Waals surface area contributed by atoms with Gasteiger partial charge in [0.2, 0.25) is 11.7 Å². The monoisotopic (exact) mass is 478 g/mol. The first-order valence-corrected chi connectivity index (χ1v) is 11.4. The van der Waals surface area contributed by atoms with Gasteiger partial charge in [0.1, 0.15) is 5.82 Å². The first-order chi connectivity index (χ1) is 16.0. The molecule has 0 radical (unpaired) electrons. The Morgan fingerprint density at radius 3 is 2.58 bits per heavy atom. The zero-order valence-corrected chi connectivity index (χ0v) is 18.7. The zero-order valence-electron chi connectivity index (χ0n) is 17.1. The van der Waals surface area contributed by atoms with E-state index in [4.69, 9.17) is 0 Å². The summed E-state index contributed by atoms with van der Waals surface area (Å²) in [6, 6.07) is 14.8. The summed E-state index contributed by atoms with van der Waals surface area (Å²) in [5.74, 6) is -0.591. The summed E-state index contributed by atoms with van der Waals surface area (Å²) in [6.45, 7) is 1.42. The number of carbonyl (C=O) groups is 2. The molecular formula is C22H15FN6O2S2. The standard InChI is InChI=1S/C22H15FN6O2S2/c1-12(30)24-22-26-16-9-6-14(11-18(16)33-22)25-21(31)19-27-20(17-3-2-10-32-17)29(28-19)15-7-4-13(23)5-8-15/h2-11H,1H3,(H,25,31)(H,24,26,30). The molecule has 0 fully saturated rings. The number of carbonyl (C=O) groups excluding carboxylic acids is 2. The van der Waals surface area contributed by atoms with Crippen LogP contribution in [-0.4, -0.2) is 31.6 Å². The lowest BCUT2D eigenvalue weighted by molar-refractivity contribution is -0.114. The van der Waals surface area contributed by atoms with Crippen molar-refractivity contribution in [3.63, 3.8) is 0 Å². The highest BCUT2D eigenvalue weighted by molar-refractivity contribution is 7.22. The van der Waals surface area contributed by atoms with Crippen molar-refractivity contribution in [2.75, 3.05) is 10.6 Å². The number of thiazole rings is 1. The first-order valence-electron chi connectivity index (χ1n) is 9.73. The average molecular weight is 479 g/mol. The topological polar surface area (TPSA) is 102 Å². The molecule has 0 atom stereocenters. The van der Waals surface area contributed by atoms with Crippen LogP contribution in [0.4, 0.5) is 15.2 Å². The van der Waals surface area contributed by atoms with E-state index in [1.54, 1.807) is 30.3 Å². The molecule has 0 unspecified atom stereocenters. The fourth-order valence-electron chi connectivity index (χ4n) is 3.13. The van der Waals surface area contributed by atoms with Gasteiger partial charge >= 0.3 is 0 Å². The lowest BCUT2D eigenvalue weighted by Crippen LogP contribution is -2.14. The number of nitrogens with one attached hydrogen (secondary N) is 2. The van der Waals surface area contributed by atoms with Crippen LogP contribution in [-0.2, 0) is 4.79 Å². The van der Waals surface area contributed by atoms with Crippen molar-refractivity contribution >= 4 is 55.5 Å². The highest BCUT2D eigenvalue weighted by atomic mass is 32.1. The minimum absolute atomic E-state index is 0.0222. The quantitative estimate of drug-likeness (QED) is 0.372. The van der Waals surface area contributed by atoms with Crippen LogP contribution in [0.25, 0.3) is 26.6 Å². The van der Waals surface area contributed by atoms with Crippen molar-refractivity contribution < 1.29 is 14.0 Å². The molecule has 5 rings (SSSR count). The van der Waals surface area contributed by atoms with Gasteiger partial charge < -0.3 is 10.6 Å². The number of hydrogen-bond acceptors (Lipinski definition) is 7. The molecule has 33 heavy (non-hydrogen) atoms. The second kappa shape index (κ2) is 8.52. The van der Waals surface area contributed by atoms with Crippen molar-refractivity contribution in [3.05, 3.63) is 71.6 Å². The number of aromatic nitrogens is 4. The van der Waals surface area contributed by atoms with Crippen LogP contribution in [0.15, 0.2) is 60.0 Å². The molecule has 0 aliphatic heterocycles. The number of nitrogens with zero attached hydrogens (tertiary/aromatic N) is 4. The zero-order chi connectivity index (χ0) is 22.9. The molecule has 0 aliphatic rings. The maximum absolute atomic E-state index is 13.4. The molecule has 0 bridgehead atoms. The van der Waals surface area contributed by atoms with Crippen LogP contribution in [0.3, 0.4) is 0 Å². The third-order valence-electron chi connectivity index (χ3n) is 4.55. The Labute approximate surface area is 194 Å². The fourth-order valence-corrected chi connectivity index (χ4v) is 4.78. The molecule has 0 saturated heterocycles. The molecule has 11 heteroatoms. The van der Waals surface area contributed by atoms with E-state index in [1.165, 1.54) is 46.4 Å². The molecule has 3 heterocycles. The van der Waals surface area contributed by atoms with Gasteiger partial charge in [0, 0.05) is 12.6 Å². The van der Waals surface area contributed by atoms with E-state index in [9.17, 15) is 14.0 Å². The largest absolute Gasteiger partial charge is 0.319 e. The van der Waals surface area contributed by atoms with Gasteiger partial charge in [-0.05, 0) is 53.9 Å². The number of fused-ring (bicyclic) bond motifs is 1. The second-order valence-corrected chi connectivity index (χ2v) is 8.94. The van der Waals surface area contributed by atoms with Crippen molar-refractivity contribution in [1.29, 1.82) is 0 Å². The van der Waals surface area contributed by atoms with E-state index in [0.717, 1.165) is 9.58 Å². The summed E-state index contributed by atoms with van der Waals surface area (Å²) in [6.07, 6.45) is 0. The van der Waals surface area contributed by atoms with Gasteiger partial charge in [-0.25, -0.2) is 19.0 Å². The lowest BCUT2D eigenvalue weighted by Gasteiger charge is -2.04. The Bertz CT molecular complexity index is 1470. The van der Waals surface area contributed by atoms with Crippen LogP contribution >= 0.6 is 22.7 Å². The number of amides is 2. The summed E-state index contributed by atoms with van der Waals surface area (Å²) in [5, 5.41) is 12.2. The average Bonchev–Trinajstić information content (AvgIpc) is 3.52. The van der Waals surface area contributed by atoms with Gasteiger partial charge in [-0.15, -0.1) is 16.4 Å². The maximum Gasteiger partial charge on any atom is 0.295 e. The van der Waals surface area contributed by atoms with Crippen LogP contribution in [0.2, 0.25) is 0 Å². The number of hydrogen-bond donors (Lipinski definition) is 2. The van der Waals surface area contributed by atoms with E-state index >= 15 is 0 Å². The SMILES string of the molecule is CC(=O)Nc1nc2ccc(NC(=O)c3nc(-c4cccs4)n(-c4ccc(F)cc4)n3)cc2s1.